The Morgan fingerprint density at radius 1 is 1.26 bits per heavy atom. The number of ether oxygens (including phenoxy) is 1. The SMILES string of the molecule is [B]N1CCC=CC(c2ccc(OCCCCS(C)=O)cc2)CC1. The summed E-state index contributed by atoms with van der Waals surface area (Å²) in [6.07, 6.45) is 10.2. The van der Waals surface area contributed by atoms with Crippen molar-refractivity contribution in [2.75, 3.05) is 31.7 Å². The largest absolute Gasteiger partial charge is 0.494 e. The molecule has 2 rings (SSSR count). The highest BCUT2D eigenvalue weighted by molar-refractivity contribution is 7.84. The van der Waals surface area contributed by atoms with Gasteiger partial charge in [-0.1, -0.05) is 24.3 Å². The van der Waals surface area contributed by atoms with Crippen molar-refractivity contribution in [3.8, 4) is 5.75 Å². The molecule has 2 radical (unpaired) electrons. The van der Waals surface area contributed by atoms with Gasteiger partial charge in [-0.2, -0.15) is 0 Å². The van der Waals surface area contributed by atoms with Crippen LogP contribution in [0, 0.1) is 0 Å². The lowest BCUT2D eigenvalue weighted by Crippen LogP contribution is -2.24. The first kappa shape index (κ1) is 18.3. The number of rotatable bonds is 7. The molecule has 0 bridgehead atoms. The fraction of sp³-hybridized carbons (Fsp3) is 0.556. The fourth-order valence-corrected chi connectivity index (χ4v) is 3.31. The van der Waals surface area contributed by atoms with Gasteiger partial charge in [0.15, 0.2) is 7.98 Å². The van der Waals surface area contributed by atoms with Gasteiger partial charge >= 0.3 is 0 Å². The minimum Gasteiger partial charge on any atom is -0.494 e. The topological polar surface area (TPSA) is 29.5 Å². The molecule has 2 unspecified atom stereocenters. The lowest BCUT2D eigenvalue weighted by Gasteiger charge is -2.22. The van der Waals surface area contributed by atoms with Crippen LogP contribution in [0.25, 0.3) is 0 Å². The highest BCUT2D eigenvalue weighted by Gasteiger charge is 2.11. The van der Waals surface area contributed by atoms with Crippen LogP contribution in [-0.4, -0.2) is 48.7 Å². The summed E-state index contributed by atoms with van der Waals surface area (Å²) in [5.41, 5.74) is 1.31. The van der Waals surface area contributed by atoms with Crippen molar-refractivity contribution >= 4 is 18.8 Å². The molecule has 0 amide bonds. The predicted molar refractivity (Wildman–Crippen MR) is 98.5 cm³/mol. The normalized spacial score (nSPS) is 20.7. The maximum Gasteiger partial charge on any atom is 0.182 e. The summed E-state index contributed by atoms with van der Waals surface area (Å²) in [5, 5.41) is 0. The zero-order valence-corrected chi connectivity index (χ0v) is 14.8. The number of nitrogens with zero attached hydrogens (tertiary/aromatic N) is 1. The molecule has 124 valence electrons. The summed E-state index contributed by atoms with van der Waals surface area (Å²) in [7, 11) is 5.23. The van der Waals surface area contributed by atoms with Crippen LogP contribution < -0.4 is 4.74 Å². The van der Waals surface area contributed by atoms with Crippen LogP contribution in [0.3, 0.4) is 0 Å². The molecule has 1 aliphatic heterocycles. The van der Waals surface area contributed by atoms with Crippen LogP contribution >= 0.6 is 0 Å². The lowest BCUT2D eigenvalue weighted by atomic mass is 9.93. The first-order chi connectivity index (χ1) is 11.1. The van der Waals surface area contributed by atoms with Gasteiger partial charge in [-0.15, -0.1) is 0 Å². The Labute approximate surface area is 144 Å². The molecular weight excluding hydrogens is 305 g/mol. The average molecular weight is 331 g/mol. The Morgan fingerprint density at radius 3 is 2.78 bits per heavy atom. The first-order valence-corrected chi connectivity index (χ1v) is 10.1. The molecular formula is C18H26BNO2S. The van der Waals surface area contributed by atoms with E-state index in [1.165, 1.54) is 5.56 Å². The number of benzene rings is 1. The molecule has 0 aromatic heterocycles. The van der Waals surface area contributed by atoms with Crippen molar-refractivity contribution in [2.24, 2.45) is 0 Å². The van der Waals surface area contributed by atoms with Gasteiger partial charge in [0.2, 0.25) is 0 Å². The van der Waals surface area contributed by atoms with Crippen LogP contribution in [-0.2, 0) is 10.8 Å². The van der Waals surface area contributed by atoms with E-state index in [2.05, 4.69) is 24.3 Å². The minimum absolute atomic E-state index is 0.426. The molecule has 3 nitrogen and oxygen atoms in total. The molecule has 5 heteroatoms. The van der Waals surface area contributed by atoms with Gasteiger partial charge in [0.05, 0.1) is 6.61 Å². The van der Waals surface area contributed by atoms with Gasteiger partial charge < -0.3 is 9.55 Å². The molecule has 1 aromatic carbocycles. The maximum atomic E-state index is 11.0. The van der Waals surface area contributed by atoms with Crippen LogP contribution in [0.4, 0.5) is 0 Å². The third-order valence-electron chi connectivity index (χ3n) is 4.08. The quantitative estimate of drug-likeness (QED) is 0.437. The van der Waals surface area contributed by atoms with E-state index in [1.807, 2.05) is 16.9 Å². The Balaban J connectivity index is 1.81. The molecule has 0 aliphatic carbocycles. The van der Waals surface area contributed by atoms with Crippen molar-refractivity contribution in [3.63, 3.8) is 0 Å². The highest BCUT2D eigenvalue weighted by atomic mass is 32.2. The van der Waals surface area contributed by atoms with E-state index in [4.69, 9.17) is 12.7 Å². The third-order valence-corrected chi connectivity index (χ3v) is 4.95. The summed E-state index contributed by atoms with van der Waals surface area (Å²) in [4.78, 5) is 1.90. The molecule has 1 aromatic rings. The Morgan fingerprint density at radius 2 is 2.04 bits per heavy atom. The fourth-order valence-electron chi connectivity index (χ4n) is 2.70. The number of hydrogen-bond donors (Lipinski definition) is 0. The zero-order valence-electron chi connectivity index (χ0n) is 13.9. The van der Waals surface area contributed by atoms with Crippen LogP contribution in [0.5, 0.6) is 5.75 Å². The van der Waals surface area contributed by atoms with Crippen molar-refractivity contribution in [1.29, 1.82) is 0 Å². The van der Waals surface area contributed by atoms with E-state index < -0.39 is 10.8 Å². The molecule has 23 heavy (non-hydrogen) atoms. The van der Waals surface area contributed by atoms with Gasteiger partial charge in [0, 0.05) is 28.7 Å². The summed E-state index contributed by atoms with van der Waals surface area (Å²) in [5.74, 6) is 2.09. The predicted octanol–water partition coefficient (Wildman–Crippen LogP) is 3.04. The minimum atomic E-state index is -0.699. The zero-order chi connectivity index (χ0) is 16.5. The van der Waals surface area contributed by atoms with Crippen molar-refractivity contribution in [1.82, 2.24) is 4.81 Å². The van der Waals surface area contributed by atoms with Crippen molar-refractivity contribution in [3.05, 3.63) is 42.0 Å². The van der Waals surface area contributed by atoms with Gasteiger partial charge in [0.25, 0.3) is 0 Å². The monoisotopic (exact) mass is 331 g/mol. The van der Waals surface area contributed by atoms with Crippen molar-refractivity contribution < 1.29 is 8.95 Å². The van der Waals surface area contributed by atoms with Gasteiger partial charge in [-0.3, -0.25) is 4.21 Å². The third kappa shape index (κ3) is 6.92. The van der Waals surface area contributed by atoms with Gasteiger partial charge in [0.1, 0.15) is 5.75 Å². The molecule has 0 spiro atoms. The van der Waals surface area contributed by atoms with E-state index in [-0.39, 0.29) is 0 Å². The first-order valence-electron chi connectivity index (χ1n) is 8.34. The smallest absolute Gasteiger partial charge is 0.182 e. The number of unbranched alkanes of at least 4 members (excludes halogenated alkanes) is 1. The van der Waals surface area contributed by atoms with Crippen LogP contribution in [0.1, 0.15) is 37.2 Å². The van der Waals surface area contributed by atoms with Crippen LogP contribution in [0.15, 0.2) is 36.4 Å². The van der Waals surface area contributed by atoms with E-state index in [1.54, 1.807) is 6.26 Å². The van der Waals surface area contributed by atoms with Crippen molar-refractivity contribution in [2.45, 2.75) is 31.6 Å². The van der Waals surface area contributed by atoms with Gasteiger partial charge in [-0.25, -0.2) is 0 Å². The average Bonchev–Trinajstić information content (AvgIpc) is 2.52. The highest BCUT2D eigenvalue weighted by Crippen LogP contribution is 2.25. The van der Waals surface area contributed by atoms with E-state index >= 15 is 0 Å². The Kier molecular flexibility index (Phi) is 7.90. The molecule has 1 aliphatic rings. The summed E-state index contributed by atoms with van der Waals surface area (Å²) >= 11 is 0. The maximum absolute atomic E-state index is 11.0. The summed E-state index contributed by atoms with van der Waals surface area (Å²) in [6.45, 7) is 2.54. The summed E-state index contributed by atoms with van der Waals surface area (Å²) < 4.78 is 16.7. The molecule has 0 N–H and O–H groups in total. The Bertz CT molecular complexity index is 518. The Hall–Kier alpha value is -1.07. The van der Waals surface area contributed by atoms with E-state index in [0.717, 1.165) is 50.3 Å². The van der Waals surface area contributed by atoms with E-state index in [9.17, 15) is 4.21 Å². The molecule has 0 saturated heterocycles. The lowest BCUT2D eigenvalue weighted by molar-refractivity contribution is 0.309. The van der Waals surface area contributed by atoms with Gasteiger partial charge in [-0.05, 0) is 56.5 Å². The van der Waals surface area contributed by atoms with E-state index in [0.29, 0.717) is 12.5 Å². The second-order valence-corrected chi connectivity index (χ2v) is 7.60. The second kappa shape index (κ2) is 9.94. The summed E-state index contributed by atoms with van der Waals surface area (Å²) in [6, 6.07) is 8.38. The second-order valence-electron chi connectivity index (χ2n) is 6.05. The number of allylic oxidation sites excluding steroid dienone is 1. The van der Waals surface area contributed by atoms with Crippen LogP contribution in [0.2, 0.25) is 0 Å². The molecule has 0 fully saturated rings. The molecule has 2 atom stereocenters. The number of hydrogen-bond acceptors (Lipinski definition) is 3. The molecule has 0 saturated carbocycles. The standard InChI is InChI=1S/C18H26BNO2S/c1-23(21)15-5-4-14-22-18-9-7-17(8-10-18)16-6-2-3-12-20(19)13-11-16/h2,6-10,16H,3-5,11-15H2,1H3. The molecule has 1 heterocycles.